The summed E-state index contributed by atoms with van der Waals surface area (Å²) in [6.45, 7) is 2.07. The molecule has 3 rings (SSSR count). The topological polar surface area (TPSA) is 47.3 Å². The molecule has 0 radical (unpaired) electrons. The van der Waals surface area contributed by atoms with E-state index in [1.165, 1.54) is 0 Å². The molecule has 1 aliphatic heterocycles. The van der Waals surface area contributed by atoms with E-state index in [-0.39, 0.29) is 6.10 Å². The van der Waals surface area contributed by atoms with Gasteiger partial charge in [0.2, 0.25) is 0 Å². The van der Waals surface area contributed by atoms with Gasteiger partial charge in [-0.05, 0) is 24.6 Å². The van der Waals surface area contributed by atoms with Crippen LogP contribution in [0.3, 0.4) is 0 Å². The van der Waals surface area contributed by atoms with Gasteiger partial charge in [-0.1, -0.05) is 18.5 Å². The number of fused-ring (bicyclic) bond motifs is 1. The van der Waals surface area contributed by atoms with Gasteiger partial charge in [0.15, 0.2) is 0 Å². The number of hydrogen-bond donors (Lipinski definition) is 1. The van der Waals surface area contributed by atoms with E-state index in [1.807, 2.05) is 19.3 Å². The summed E-state index contributed by atoms with van der Waals surface area (Å²) < 4.78 is 7.82. The molecule has 0 bridgehead atoms. The molecular weight excluding hydrogens is 276 g/mol. The summed E-state index contributed by atoms with van der Waals surface area (Å²) in [7, 11) is 1.90. The Morgan fingerprint density at radius 1 is 1.45 bits per heavy atom. The second-order valence-corrected chi connectivity index (χ2v) is 5.53. The number of aromatic nitrogens is 2. The van der Waals surface area contributed by atoms with Gasteiger partial charge in [-0.25, -0.2) is 0 Å². The van der Waals surface area contributed by atoms with Crippen LogP contribution in [0, 0.1) is 0 Å². The van der Waals surface area contributed by atoms with Crippen molar-refractivity contribution in [2.75, 3.05) is 0 Å². The number of rotatable bonds is 2. The molecule has 2 unspecified atom stereocenters. The van der Waals surface area contributed by atoms with Gasteiger partial charge >= 0.3 is 0 Å². The normalized spacial score (nSPS) is 21.4. The monoisotopic (exact) mass is 292 g/mol. The Labute approximate surface area is 122 Å². The summed E-state index contributed by atoms with van der Waals surface area (Å²) in [6.07, 6.45) is 2.61. The van der Waals surface area contributed by atoms with Crippen LogP contribution < -0.4 is 4.74 Å². The molecule has 0 spiro atoms. The SMILES string of the molecule is CCc1nn(C)cc1C1CC(O)c2cc(Cl)ccc2O1. The lowest BCUT2D eigenvalue weighted by Crippen LogP contribution is -2.19. The first-order valence-electron chi connectivity index (χ1n) is 6.75. The summed E-state index contributed by atoms with van der Waals surface area (Å²) in [5, 5.41) is 15.4. The molecule has 0 fully saturated rings. The molecule has 0 saturated carbocycles. The van der Waals surface area contributed by atoms with Gasteiger partial charge in [0.1, 0.15) is 11.9 Å². The van der Waals surface area contributed by atoms with Crippen LogP contribution >= 0.6 is 11.6 Å². The van der Waals surface area contributed by atoms with Crippen molar-refractivity contribution in [1.29, 1.82) is 0 Å². The van der Waals surface area contributed by atoms with Crippen molar-refractivity contribution >= 4 is 11.6 Å². The fraction of sp³-hybridized carbons (Fsp3) is 0.400. The first kappa shape index (κ1) is 13.5. The predicted octanol–water partition coefficient (Wildman–Crippen LogP) is 3.19. The third-order valence-corrected chi connectivity index (χ3v) is 3.89. The second-order valence-electron chi connectivity index (χ2n) is 5.10. The van der Waals surface area contributed by atoms with E-state index in [0.717, 1.165) is 23.2 Å². The van der Waals surface area contributed by atoms with Crippen LogP contribution in [0.4, 0.5) is 0 Å². The third kappa shape index (κ3) is 2.30. The van der Waals surface area contributed by atoms with Gasteiger partial charge in [-0.15, -0.1) is 0 Å². The molecule has 2 atom stereocenters. The number of aliphatic hydroxyl groups excluding tert-OH is 1. The smallest absolute Gasteiger partial charge is 0.130 e. The molecule has 0 amide bonds. The zero-order valence-electron chi connectivity index (χ0n) is 11.5. The van der Waals surface area contributed by atoms with Crippen LogP contribution in [0.25, 0.3) is 0 Å². The Morgan fingerprint density at radius 2 is 2.25 bits per heavy atom. The minimum atomic E-state index is -0.563. The Balaban J connectivity index is 1.96. The van der Waals surface area contributed by atoms with Crippen LogP contribution in [0.1, 0.15) is 42.4 Å². The fourth-order valence-corrected chi connectivity index (χ4v) is 2.89. The minimum Gasteiger partial charge on any atom is -0.485 e. The van der Waals surface area contributed by atoms with Crippen molar-refractivity contribution in [2.24, 2.45) is 7.05 Å². The molecule has 2 aromatic rings. The van der Waals surface area contributed by atoms with Gasteiger partial charge in [-0.3, -0.25) is 4.68 Å². The highest BCUT2D eigenvalue weighted by molar-refractivity contribution is 6.30. The van der Waals surface area contributed by atoms with Gasteiger partial charge in [-0.2, -0.15) is 5.10 Å². The molecule has 1 aromatic carbocycles. The maximum absolute atomic E-state index is 10.3. The lowest BCUT2D eigenvalue weighted by atomic mass is 9.95. The molecule has 106 valence electrons. The Bertz CT molecular complexity index is 639. The van der Waals surface area contributed by atoms with E-state index in [1.54, 1.807) is 16.8 Å². The number of aryl methyl sites for hydroxylation is 2. The zero-order chi connectivity index (χ0) is 14.3. The maximum Gasteiger partial charge on any atom is 0.130 e. The molecule has 2 heterocycles. The van der Waals surface area contributed by atoms with Gasteiger partial charge < -0.3 is 9.84 Å². The van der Waals surface area contributed by atoms with E-state index in [0.29, 0.717) is 17.2 Å². The molecule has 1 aliphatic rings. The quantitative estimate of drug-likeness (QED) is 0.925. The van der Waals surface area contributed by atoms with E-state index < -0.39 is 6.10 Å². The fourth-order valence-electron chi connectivity index (χ4n) is 2.71. The standard InChI is InChI=1S/C15H17ClN2O2/c1-3-12-11(8-18(2)17-12)15-7-13(19)10-6-9(16)4-5-14(10)20-15/h4-6,8,13,15,19H,3,7H2,1-2H3. The maximum atomic E-state index is 10.3. The molecular formula is C15H17ClN2O2. The summed E-state index contributed by atoms with van der Waals surface area (Å²) in [5.41, 5.74) is 2.83. The Hall–Kier alpha value is -1.52. The highest BCUT2D eigenvalue weighted by Gasteiger charge is 2.30. The summed E-state index contributed by atoms with van der Waals surface area (Å²) in [4.78, 5) is 0. The van der Waals surface area contributed by atoms with Crippen molar-refractivity contribution in [2.45, 2.75) is 32.0 Å². The minimum absolute atomic E-state index is 0.165. The van der Waals surface area contributed by atoms with Gasteiger partial charge in [0.05, 0.1) is 11.8 Å². The van der Waals surface area contributed by atoms with Crippen LogP contribution in [0.15, 0.2) is 24.4 Å². The number of halogens is 1. The number of ether oxygens (including phenoxy) is 1. The Kier molecular flexibility index (Phi) is 3.44. The largest absolute Gasteiger partial charge is 0.485 e. The first-order chi connectivity index (χ1) is 9.58. The molecule has 5 heteroatoms. The highest BCUT2D eigenvalue weighted by atomic mass is 35.5. The molecule has 0 saturated heterocycles. The van der Waals surface area contributed by atoms with Gasteiger partial charge in [0, 0.05) is 35.8 Å². The van der Waals surface area contributed by atoms with Crippen LogP contribution in [0.5, 0.6) is 5.75 Å². The number of hydrogen-bond acceptors (Lipinski definition) is 3. The van der Waals surface area contributed by atoms with Crippen LogP contribution in [-0.2, 0) is 13.5 Å². The average Bonchev–Trinajstić information content (AvgIpc) is 2.80. The lowest BCUT2D eigenvalue weighted by molar-refractivity contribution is 0.0653. The Morgan fingerprint density at radius 3 is 3.00 bits per heavy atom. The third-order valence-electron chi connectivity index (χ3n) is 3.66. The first-order valence-corrected chi connectivity index (χ1v) is 7.13. The number of aliphatic hydroxyl groups is 1. The van der Waals surface area contributed by atoms with Crippen molar-refractivity contribution in [3.8, 4) is 5.75 Å². The summed E-state index contributed by atoms with van der Waals surface area (Å²) in [6, 6.07) is 5.36. The molecule has 20 heavy (non-hydrogen) atoms. The van der Waals surface area contributed by atoms with Crippen LogP contribution in [-0.4, -0.2) is 14.9 Å². The lowest BCUT2D eigenvalue weighted by Gasteiger charge is -2.29. The second kappa shape index (κ2) is 5.11. The van der Waals surface area contributed by atoms with Crippen molar-refractivity contribution in [1.82, 2.24) is 9.78 Å². The predicted molar refractivity (Wildman–Crippen MR) is 77.0 cm³/mol. The molecule has 0 aliphatic carbocycles. The van der Waals surface area contributed by atoms with Crippen molar-refractivity contribution < 1.29 is 9.84 Å². The van der Waals surface area contributed by atoms with E-state index >= 15 is 0 Å². The number of benzene rings is 1. The zero-order valence-corrected chi connectivity index (χ0v) is 12.3. The van der Waals surface area contributed by atoms with E-state index in [4.69, 9.17) is 16.3 Å². The number of nitrogens with zero attached hydrogens (tertiary/aromatic N) is 2. The molecule has 1 N–H and O–H groups in total. The average molecular weight is 293 g/mol. The van der Waals surface area contributed by atoms with Crippen molar-refractivity contribution in [3.05, 3.63) is 46.2 Å². The summed E-state index contributed by atoms with van der Waals surface area (Å²) >= 11 is 5.97. The van der Waals surface area contributed by atoms with E-state index in [2.05, 4.69) is 12.0 Å². The van der Waals surface area contributed by atoms with Crippen molar-refractivity contribution in [3.63, 3.8) is 0 Å². The van der Waals surface area contributed by atoms with Gasteiger partial charge in [0.25, 0.3) is 0 Å². The summed E-state index contributed by atoms with van der Waals surface area (Å²) in [5.74, 6) is 0.698. The van der Waals surface area contributed by atoms with E-state index in [9.17, 15) is 5.11 Å². The molecule has 1 aromatic heterocycles. The highest BCUT2D eigenvalue weighted by Crippen LogP contribution is 2.42. The molecule has 4 nitrogen and oxygen atoms in total. The van der Waals surface area contributed by atoms with Crippen LogP contribution in [0.2, 0.25) is 5.02 Å².